The third kappa shape index (κ3) is 5.53. The largest absolute Gasteiger partial charge is 0.480 e. The molecule has 2 saturated heterocycles. The molecule has 0 radical (unpaired) electrons. The quantitative estimate of drug-likeness (QED) is 0.560. The van der Waals surface area contributed by atoms with E-state index in [2.05, 4.69) is 21.2 Å². The molecule has 2 N–H and O–H groups in total. The molecule has 2 aromatic rings. The summed E-state index contributed by atoms with van der Waals surface area (Å²) in [5.74, 6) is -0.943. The molecular formula is C21H22BrNO8S. The summed E-state index contributed by atoms with van der Waals surface area (Å²) in [6.07, 6.45) is -1.29. The van der Waals surface area contributed by atoms with Gasteiger partial charge in [0, 0.05) is 16.3 Å². The Morgan fingerprint density at radius 3 is 2.69 bits per heavy atom. The van der Waals surface area contributed by atoms with Gasteiger partial charge in [-0.15, -0.1) is 0 Å². The molecule has 1 aromatic heterocycles. The summed E-state index contributed by atoms with van der Waals surface area (Å²) < 4.78 is 30.2. The van der Waals surface area contributed by atoms with Gasteiger partial charge in [0.2, 0.25) is 12.2 Å². The highest BCUT2D eigenvalue weighted by atomic mass is 79.9. The van der Waals surface area contributed by atoms with Crippen LogP contribution in [0.3, 0.4) is 0 Å². The van der Waals surface area contributed by atoms with Crippen molar-refractivity contribution in [2.75, 3.05) is 13.2 Å². The maximum Gasteiger partial charge on any atom is 0.329 e. The Bertz CT molecular complexity index is 924. The van der Waals surface area contributed by atoms with Gasteiger partial charge in [0.15, 0.2) is 5.76 Å². The molecule has 32 heavy (non-hydrogen) atoms. The lowest BCUT2D eigenvalue weighted by Gasteiger charge is -2.48. The van der Waals surface area contributed by atoms with Crippen LogP contribution in [0.2, 0.25) is 0 Å². The van der Waals surface area contributed by atoms with E-state index in [9.17, 15) is 14.7 Å². The number of thioether (sulfide) groups is 1. The van der Waals surface area contributed by atoms with E-state index in [1.54, 1.807) is 12.1 Å². The number of rotatable bonds is 7. The van der Waals surface area contributed by atoms with Crippen LogP contribution >= 0.6 is 27.7 Å². The molecule has 11 heteroatoms. The maximum absolute atomic E-state index is 12.0. The lowest BCUT2D eigenvalue weighted by molar-refractivity contribution is -0.314. The number of amides is 1. The molecule has 0 saturated carbocycles. The number of carboxylic acids is 1. The van der Waals surface area contributed by atoms with Gasteiger partial charge >= 0.3 is 5.97 Å². The molecule has 6 atom stereocenters. The molecule has 6 unspecified atom stereocenters. The van der Waals surface area contributed by atoms with E-state index < -0.39 is 48.7 Å². The zero-order valence-electron chi connectivity index (χ0n) is 17.0. The van der Waals surface area contributed by atoms with Gasteiger partial charge in [-0.25, -0.2) is 4.79 Å². The van der Waals surface area contributed by atoms with Crippen LogP contribution < -0.4 is 5.32 Å². The van der Waals surface area contributed by atoms with Crippen LogP contribution in [-0.2, 0) is 28.5 Å². The highest BCUT2D eigenvalue weighted by Crippen LogP contribution is 2.40. The molecule has 3 heterocycles. The third-order valence-corrected chi connectivity index (χ3v) is 6.66. The van der Waals surface area contributed by atoms with E-state index >= 15 is 0 Å². The molecule has 2 fully saturated rings. The molecular weight excluding hydrogens is 506 g/mol. The number of carboxylic acid groups (broad SMARTS) is 1. The standard InChI is InChI=1S/C21H22BrNO8S/c1-11(24)23-17-19(28-10-16(25)26)18-15(9-29-20(31-18)14-3-2-8-27-14)30-21(17)32-13-6-4-12(22)5-7-13/h2-8,15,17-21H,9-10H2,1H3,(H,23,24)(H,25,26). The predicted molar refractivity (Wildman–Crippen MR) is 116 cm³/mol. The van der Waals surface area contributed by atoms with Crippen LogP contribution in [0.25, 0.3) is 0 Å². The van der Waals surface area contributed by atoms with Crippen LogP contribution in [-0.4, -0.2) is 60.0 Å². The normalized spacial score (nSPS) is 29.8. The van der Waals surface area contributed by atoms with Crippen molar-refractivity contribution in [1.29, 1.82) is 0 Å². The first kappa shape index (κ1) is 23.3. The van der Waals surface area contributed by atoms with E-state index in [4.69, 9.17) is 23.4 Å². The number of aliphatic carboxylic acids is 1. The highest BCUT2D eigenvalue weighted by Gasteiger charge is 2.51. The summed E-state index contributed by atoms with van der Waals surface area (Å²) in [6, 6.07) is 10.4. The summed E-state index contributed by atoms with van der Waals surface area (Å²) in [5.41, 5.74) is -0.563. The Labute approximate surface area is 196 Å². The maximum atomic E-state index is 12.0. The molecule has 2 aliphatic heterocycles. The van der Waals surface area contributed by atoms with Gasteiger partial charge in [-0.3, -0.25) is 4.79 Å². The number of furan rings is 1. The van der Waals surface area contributed by atoms with Crippen molar-refractivity contribution in [3.8, 4) is 0 Å². The Morgan fingerprint density at radius 1 is 1.25 bits per heavy atom. The number of fused-ring (bicyclic) bond motifs is 1. The number of benzene rings is 1. The van der Waals surface area contributed by atoms with Crippen LogP contribution in [0.1, 0.15) is 19.0 Å². The lowest BCUT2D eigenvalue weighted by Crippen LogP contribution is -2.66. The first-order valence-electron chi connectivity index (χ1n) is 9.89. The molecule has 1 amide bonds. The van der Waals surface area contributed by atoms with E-state index in [1.807, 2.05) is 24.3 Å². The molecule has 0 bridgehead atoms. The third-order valence-electron chi connectivity index (χ3n) is 4.95. The Morgan fingerprint density at radius 2 is 2.03 bits per heavy atom. The smallest absolute Gasteiger partial charge is 0.329 e. The summed E-state index contributed by atoms with van der Waals surface area (Å²) in [4.78, 5) is 24.2. The number of halogens is 1. The number of carbonyl (C=O) groups is 2. The van der Waals surface area contributed by atoms with Crippen molar-refractivity contribution in [2.24, 2.45) is 0 Å². The molecule has 172 valence electrons. The summed E-state index contributed by atoms with van der Waals surface area (Å²) in [6.45, 7) is 1.03. The molecule has 4 rings (SSSR count). The second-order valence-corrected chi connectivity index (χ2v) is 9.38. The minimum absolute atomic E-state index is 0.188. The van der Waals surface area contributed by atoms with Crippen molar-refractivity contribution in [3.63, 3.8) is 0 Å². The monoisotopic (exact) mass is 527 g/mol. The number of hydrogen-bond donors (Lipinski definition) is 2. The fraction of sp³-hybridized carbons (Fsp3) is 0.429. The first-order valence-corrected chi connectivity index (χ1v) is 11.6. The van der Waals surface area contributed by atoms with Crippen LogP contribution in [0.4, 0.5) is 0 Å². The molecule has 0 aliphatic carbocycles. The average molecular weight is 528 g/mol. The van der Waals surface area contributed by atoms with Crippen LogP contribution in [0, 0.1) is 0 Å². The van der Waals surface area contributed by atoms with Gasteiger partial charge in [-0.2, -0.15) is 0 Å². The highest BCUT2D eigenvalue weighted by molar-refractivity contribution is 9.10. The summed E-state index contributed by atoms with van der Waals surface area (Å²) in [7, 11) is 0. The van der Waals surface area contributed by atoms with Gasteiger partial charge < -0.3 is 33.8 Å². The van der Waals surface area contributed by atoms with Crippen molar-refractivity contribution in [3.05, 3.63) is 52.9 Å². The molecule has 0 spiro atoms. The van der Waals surface area contributed by atoms with Gasteiger partial charge in [-0.1, -0.05) is 27.7 Å². The average Bonchev–Trinajstić information content (AvgIpc) is 3.29. The van der Waals surface area contributed by atoms with Crippen molar-refractivity contribution in [1.82, 2.24) is 5.32 Å². The van der Waals surface area contributed by atoms with Crippen molar-refractivity contribution >= 4 is 39.6 Å². The van der Waals surface area contributed by atoms with Gasteiger partial charge in [0.1, 0.15) is 30.4 Å². The van der Waals surface area contributed by atoms with Gasteiger partial charge in [0.05, 0.1) is 18.9 Å². The SMILES string of the molecule is CC(=O)NC1C(Sc2ccc(Br)cc2)OC2COC(c3ccco3)OC2C1OCC(=O)O. The summed E-state index contributed by atoms with van der Waals surface area (Å²) in [5, 5.41) is 12.1. The van der Waals surface area contributed by atoms with E-state index in [1.165, 1.54) is 24.9 Å². The fourth-order valence-corrected chi connectivity index (χ4v) is 5.04. The Hall–Kier alpha value is -1.89. The van der Waals surface area contributed by atoms with Crippen molar-refractivity contribution in [2.45, 2.75) is 47.9 Å². The zero-order valence-corrected chi connectivity index (χ0v) is 19.4. The number of carbonyl (C=O) groups excluding carboxylic acids is 1. The van der Waals surface area contributed by atoms with Crippen molar-refractivity contribution < 1.29 is 38.1 Å². The van der Waals surface area contributed by atoms with E-state index in [-0.39, 0.29) is 12.5 Å². The van der Waals surface area contributed by atoms with Crippen LogP contribution in [0.5, 0.6) is 0 Å². The number of hydrogen-bond acceptors (Lipinski definition) is 8. The number of nitrogens with one attached hydrogen (secondary N) is 1. The lowest BCUT2D eigenvalue weighted by atomic mass is 9.96. The van der Waals surface area contributed by atoms with Gasteiger partial charge in [0.25, 0.3) is 0 Å². The number of ether oxygens (including phenoxy) is 4. The van der Waals surface area contributed by atoms with E-state index in [0.717, 1.165) is 9.37 Å². The topological polar surface area (TPSA) is 116 Å². The molecule has 2 aliphatic rings. The second kappa shape index (κ2) is 10.4. The van der Waals surface area contributed by atoms with Crippen LogP contribution in [0.15, 0.2) is 56.4 Å². The molecule has 9 nitrogen and oxygen atoms in total. The zero-order chi connectivity index (χ0) is 22.7. The minimum Gasteiger partial charge on any atom is -0.480 e. The first-order chi connectivity index (χ1) is 15.4. The fourth-order valence-electron chi connectivity index (χ4n) is 3.64. The minimum atomic E-state index is -1.12. The molecule has 1 aromatic carbocycles. The Kier molecular flexibility index (Phi) is 7.54. The predicted octanol–water partition coefficient (Wildman–Crippen LogP) is 2.95. The second-order valence-electron chi connectivity index (χ2n) is 7.29. The van der Waals surface area contributed by atoms with Gasteiger partial charge in [-0.05, 0) is 36.4 Å². The Balaban J connectivity index is 1.61. The summed E-state index contributed by atoms with van der Waals surface area (Å²) >= 11 is 4.81. The van der Waals surface area contributed by atoms with E-state index in [0.29, 0.717) is 5.76 Å².